The number of nitrogens with one attached hydrogen (secondary N) is 1. The van der Waals surface area contributed by atoms with E-state index in [2.05, 4.69) is 37.1 Å². The molecule has 3 nitrogen and oxygen atoms in total. The van der Waals surface area contributed by atoms with Gasteiger partial charge in [-0.2, -0.15) is 0 Å². The lowest BCUT2D eigenvalue weighted by atomic mass is 10.1. The van der Waals surface area contributed by atoms with Crippen molar-refractivity contribution in [3.05, 3.63) is 28.8 Å². The van der Waals surface area contributed by atoms with Gasteiger partial charge in [0.05, 0.1) is 6.10 Å². The molecule has 20 heavy (non-hydrogen) atoms. The molecule has 2 N–H and O–H groups in total. The number of anilines is 1. The van der Waals surface area contributed by atoms with Crippen LogP contribution in [0.4, 0.5) is 5.69 Å². The quantitative estimate of drug-likeness (QED) is 0.844. The van der Waals surface area contributed by atoms with Gasteiger partial charge in [-0.3, -0.25) is 0 Å². The van der Waals surface area contributed by atoms with Crippen LogP contribution in [0.2, 0.25) is 5.02 Å². The van der Waals surface area contributed by atoms with Crippen LogP contribution in [-0.2, 0) is 6.54 Å². The van der Waals surface area contributed by atoms with Crippen molar-refractivity contribution in [2.75, 3.05) is 18.5 Å². The molecule has 1 unspecified atom stereocenters. The summed E-state index contributed by atoms with van der Waals surface area (Å²) in [6, 6.07) is 5.98. The van der Waals surface area contributed by atoms with Crippen LogP contribution in [0.15, 0.2) is 18.2 Å². The lowest BCUT2D eigenvalue weighted by molar-refractivity contribution is 0.187. The third-order valence-electron chi connectivity index (χ3n) is 3.15. The Bertz CT molecular complexity index is 427. The molecule has 0 aromatic heterocycles. The maximum absolute atomic E-state index is 9.42. The first-order valence-corrected chi connectivity index (χ1v) is 7.49. The number of hydrogen-bond acceptors (Lipinski definition) is 3. The van der Waals surface area contributed by atoms with Gasteiger partial charge in [-0.05, 0) is 51.8 Å². The highest BCUT2D eigenvalue weighted by Crippen LogP contribution is 2.25. The molecular formula is C16H27ClN2O. The van der Waals surface area contributed by atoms with E-state index in [1.54, 1.807) is 0 Å². The number of benzene rings is 1. The number of aliphatic hydroxyl groups is 1. The minimum absolute atomic E-state index is 0.0785. The summed E-state index contributed by atoms with van der Waals surface area (Å²) >= 11 is 6.12. The second-order valence-corrected chi connectivity index (χ2v) is 6.87. The number of aliphatic hydroxyl groups excluding tert-OH is 1. The maximum Gasteiger partial charge on any atom is 0.0528 e. The molecule has 0 aliphatic carbocycles. The molecule has 0 heterocycles. The van der Waals surface area contributed by atoms with Gasteiger partial charge in [-0.1, -0.05) is 17.7 Å². The largest absolute Gasteiger partial charge is 0.393 e. The summed E-state index contributed by atoms with van der Waals surface area (Å²) in [4.78, 5) is 2.15. The fourth-order valence-corrected chi connectivity index (χ4v) is 2.07. The van der Waals surface area contributed by atoms with Crippen LogP contribution in [0.25, 0.3) is 0 Å². The highest BCUT2D eigenvalue weighted by Gasteiger charge is 2.13. The fourth-order valence-electron chi connectivity index (χ4n) is 1.90. The zero-order valence-corrected chi connectivity index (χ0v) is 14.0. The van der Waals surface area contributed by atoms with E-state index in [9.17, 15) is 5.11 Å². The van der Waals surface area contributed by atoms with E-state index < -0.39 is 0 Å². The Morgan fingerprint density at radius 3 is 2.55 bits per heavy atom. The van der Waals surface area contributed by atoms with Crippen molar-refractivity contribution in [1.29, 1.82) is 0 Å². The van der Waals surface area contributed by atoms with Crippen LogP contribution >= 0.6 is 11.6 Å². The zero-order chi connectivity index (χ0) is 15.3. The van der Waals surface area contributed by atoms with Crippen molar-refractivity contribution in [1.82, 2.24) is 5.32 Å². The Morgan fingerprint density at radius 1 is 1.35 bits per heavy atom. The highest BCUT2D eigenvalue weighted by molar-refractivity contribution is 6.30. The molecule has 0 saturated heterocycles. The first kappa shape index (κ1) is 17.3. The van der Waals surface area contributed by atoms with E-state index in [1.165, 1.54) is 5.56 Å². The third kappa shape index (κ3) is 6.12. The minimum Gasteiger partial charge on any atom is -0.393 e. The normalized spacial score (nSPS) is 13.3. The average Bonchev–Trinajstić information content (AvgIpc) is 2.33. The minimum atomic E-state index is -0.284. The summed E-state index contributed by atoms with van der Waals surface area (Å²) in [5.41, 5.74) is 2.42. The molecule has 0 spiro atoms. The Labute approximate surface area is 127 Å². The summed E-state index contributed by atoms with van der Waals surface area (Å²) in [5.74, 6) is 0. The van der Waals surface area contributed by atoms with Crippen molar-refractivity contribution < 1.29 is 5.11 Å². The van der Waals surface area contributed by atoms with Gasteiger partial charge in [-0.25, -0.2) is 0 Å². The third-order valence-corrected chi connectivity index (χ3v) is 3.39. The molecule has 4 heteroatoms. The predicted molar refractivity (Wildman–Crippen MR) is 87.6 cm³/mol. The van der Waals surface area contributed by atoms with E-state index in [4.69, 9.17) is 11.6 Å². The molecule has 0 radical (unpaired) electrons. The van der Waals surface area contributed by atoms with Gasteiger partial charge < -0.3 is 15.3 Å². The fraction of sp³-hybridized carbons (Fsp3) is 0.625. The first-order chi connectivity index (χ1) is 9.19. The summed E-state index contributed by atoms with van der Waals surface area (Å²) < 4.78 is 0. The van der Waals surface area contributed by atoms with E-state index in [0.717, 1.165) is 30.2 Å². The van der Waals surface area contributed by atoms with Crippen molar-refractivity contribution in [2.24, 2.45) is 0 Å². The zero-order valence-electron chi connectivity index (χ0n) is 13.2. The molecular weight excluding hydrogens is 272 g/mol. The standard InChI is InChI=1S/C16H27ClN2O/c1-12(20)8-9-19(5)15-10-14(17)7-6-13(15)11-18-16(2,3)4/h6-7,10,12,18,20H,8-9,11H2,1-5H3. The summed E-state index contributed by atoms with van der Waals surface area (Å²) in [6.07, 6.45) is 0.461. The van der Waals surface area contributed by atoms with Gasteiger partial charge in [0.25, 0.3) is 0 Å². The first-order valence-electron chi connectivity index (χ1n) is 7.11. The summed E-state index contributed by atoms with van der Waals surface area (Å²) in [6.45, 7) is 9.88. The molecule has 0 fully saturated rings. The van der Waals surface area contributed by atoms with Gasteiger partial charge in [-0.15, -0.1) is 0 Å². The van der Waals surface area contributed by atoms with Crippen LogP contribution in [0.3, 0.4) is 0 Å². The molecule has 1 aromatic carbocycles. The van der Waals surface area contributed by atoms with Crippen molar-refractivity contribution in [3.63, 3.8) is 0 Å². The lowest BCUT2D eigenvalue weighted by Gasteiger charge is -2.26. The highest BCUT2D eigenvalue weighted by atomic mass is 35.5. The molecule has 0 aliphatic rings. The Kier molecular flexibility index (Phi) is 6.31. The van der Waals surface area contributed by atoms with E-state index in [1.807, 2.05) is 26.1 Å². The van der Waals surface area contributed by atoms with Gasteiger partial charge in [0.1, 0.15) is 0 Å². The van der Waals surface area contributed by atoms with Crippen LogP contribution < -0.4 is 10.2 Å². The predicted octanol–water partition coefficient (Wildman–Crippen LogP) is 3.44. The van der Waals surface area contributed by atoms with E-state index in [0.29, 0.717) is 0 Å². The van der Waals surface area contributed by atoms with E-state index >= 15 is 0 Å². The number of rotatable bonds is 6. The smallest absolute Gasteiger partial charge is 0.0528 e. The Hall–Kier alpha value is -0.770. The molecule has 1 rings (SSSR count). The van der Waals surface area contributed by atoms with Crippen LogP contribution in [0, 0.1) is 0 Å². The van der Waals surface area contributed by atoms with Crippen LogP contribution in [0.5, 0.6) is 0 Å². The van der Waals surface area contributed by atoms with Crippen molar-refractivity contribution in [3.8, 4) is 0 Å². The molecule has 0 bridgehead atoms. The van der Waals surface area contributed by atoms with Crippen molar-refractivity contribution in [2.45, 2.75) is 52.3 Å². The SMILES string of the molecule is CC(O)CCN(C)c1cc(Cl)ccc1CNC(C)(C)C. The maximum atomic E-state index is 9.42. The summed E-state index contributed by atoms with van der Waals surface area (Å²) in [7, 11) is 2.04. The molecule has 0 saturated carbocycles. The van der Waals surface area contributed by atoms with Crippen molar-refractivity contribution >= 4 is 17.3 Å². The molecule has 1 atom stereocenters. The lowest BCUT2D eigenvalue weighted by Crippen LogP contribution is -2.35. The Balaban J connectivity index is 2.84. The van der Waals surface area contributed by atoms with Gasteiger partial charge in [0, 0.05) is 36.4 Å². The monoisotopic (exact) mass is 298 g/mol. The average molecular weight is 299 g/mol. The molecule has 114 valence electrons. The molecule has 0 amide bonds. The van der Waals surface area contributed by atoms with E-state index in [-0.39, 0.29) is 11.6 Å². The van der Waals surface area contributed by atoms with Gasteiger partial charge in [0.15, 0.2) is 0 Å². The topological polar surface area (TPSA) is 35.5 Å². The van der Waals surface area contributed by atoms with Crippen LogP contribution in [0.1, 0.15) is 39.7 Å². The molecule has 0 aliphatic heterocycles. The summed E-state index contributed by atoms with van der Waals surface area (Å²) in [5, 5.41) is 13.7. The second kappa shape index (κ2) is 7.30. The van der Waals surface area contributed by atoms with Gasteiger partial charge in [0.2, 0.25) is 0 Å². The number of halogens is 1. The second-order valence-electron chi connectivity index (χ2n) is 6.44. The number of nitrogens with zero attached hydrogens (tertiary/aromatic N) is 1. The molecule has 1 aromatic rings. The Morgan fingerprint density at radius 2 is 2.00 bits per heavy atom. The van der Waals surface area contributed by atoms with Crippen LogP contribution in [-0.4, -0.2) is 30.3 Å². The number of hydrogen-bond donors (Lipinski definition) is 2. The van der Waals surface area contributed by atoms with Gasteiger partial charge >= 0.3 is 0 Å².